The van der Waals surface area contributed by atoms with Crippen LogP contribution in [0.1, 0.15) is 12.0 Å². The molecule has 2 aromatic carbocycles. The van der Waals surface area contributed by atoms with Crippen LogP contribution in [0.25, 0.3) is 11.1 Å². The Labute approximate surface area is 166 Å². The first kappa shape index (κ1) is 17.9. The van der Waals surface area contributed by atoms with Gasteiger partial charge in [-0.15, -0.1) is 0 Å². The number of nitrogens with one attached hydrogen (secondary N) is 2. The zero-order chi connectivity index (χ0) is 19.0. The molecule has 2 heterocycles. The van der Waals surface area contributed by atoms with Crippen LogP contribution in [0.15, 0.2) is 103 Å². The minimum atomic E-state index is 0.958. The Kier molecular flexibility index (Phi) is 5.68. The van der Waals surface area contributed by atoms with Crippen molar-refractivity contribution in [3.05, 3.63) is 109 Å². The van der Waals surface area contributed by atoms with Crippen molar-refractivity contribution in [2.45, 2.75) is 13.0 Å². The van der Waals surface area contributed by atoms with Crippen LogP contribution in [-0.2, 0) is 6.54 Å². The van der Waals surface area contributed by atoms with Crippen LogP contribution < -0.4 is 10.9 Å². The molecule has 0 fully saturated rings. The van der Waals surface area contributed by atoms with Gasteiger partial charge in [0.05, 0.1) is 5.69 Å². The summed E-state index contributed by atoms with van der Waals surface area (Å²) in [6.45, 7) is 1.98. The first-order chi connectivity index (χ1) is 13.9. The highest BCUT2D eigenvalue weighted by atomic mass is 15.3. The van der Waals surface area contributed by atoms with Crippen LogP contribution in [0.5, 0.6) is 0 Å². The molecule has 0 amide bonds. The third kappa shape index (κ3) is 4.80. The minimum absolute atomic E-state index is 0.958. The SMILES string of the molecule is C1=CN(Cc2ccccc2)CCC1=CNNc1ccc(-c2cccnc2)cc1. The molecular formula is C24H24N4. The van der Waals surface area contributed by atoms with E-state index in [4.69, 9.17) is 0 Å². The van der Waals surface area contributed by atoms with Crippen LogP contribution in [0, 0.1) is 0 Å². The summed E-state index contributed by atoms with van der Waals surface area (Å²) in [5, 5.41) is 0. The van der Waals surface area contributed by atoms with E-state index in [0.29, 0.717) is 0 Å². The molecule has 0 unspecified atom stereocenters. The smallest absolute Gasteiger partial charge is 0.0540 e. The average Bonchev–Trinajstić information content (AvgIpc) is 2.77. The summed E-state index contributed by atoms with van der Waals surface area (Å²) in [4.78, 5) is 6.51. The third-order valence-electron chi connectivity index (χ3n) is 4.77. The largest absolute Gasteiger partial charge is 0.373 e. The molecule has 1 aliphatic heterocycles. The van der Waals surface area contributed by atoms with Crippen molar-refractivity contribution >= 4 is 5.69 Å². The average molecular weight is 368 g/mol. The molecule has 4 nitrogen and oxygen atoms in total. The lowest BCUT2D eigenvalue weighted by atomic mass is 10.1. The van der Waals surface area contributed by atoms with Crippen LogP contribution >= 0.6 is 0 Å². The Morgan fingerprint density at radius 1 is 0.929 bits per heavy atom. The summed E-state index contributed by atoms with van der Waals surface area (Å²) < 4.78 is 0. The number of pyridine rings is 1. The third-order valence-corrected chi connectivity index (χ3v) is 4.77. The number of allylic oxidation sites excluding steroid dienone is 1. The molecule has 0 aliphatic carbocycles. The highest BCUT2D eigenvalue weighted by Gasteiger charge is 2.07. The Bertz CT molecular complexity index is 931. The van der Waals surface area contributed by atoms with Gasteiger partial charge in [-0.05, 0) is 59.2 Å². The maximum Gasteiger partial charge on any atom is 0.0540 e. The minimum Gasteiger partial charge on any atom is -0.373 e. The summed E-state index contributed by atoms with van der Waals surface area (Å²) in [5.74, 6) is 0. The monoisotopic (exact) mass is 368 g/mol. The first-order valence-corrected chi connectivity index (χ1v) is 9.54. The quantitative estimate of drug-likeness (QED) is 0.603. The lowest BCUT2D eigenvalue weighted by Gasteiger charge is -2.24. The van der Waals surface area contributed by atoms with Crippen molar-refractivity contribution in [1.82, 2.24) is 15.3 Å². The molecule has 4 heteroatoms. The molecule has 3 aromatic rings. The summed E-state index contributed by atoms with van der Waals surface area (Å²) in [6, 6.07) is 22.9. The van der Waals surface area contributed by atoms with Crippen LogP contribution in [0.2, 0.25) is 0 Å². The molecule has 0 radical (unpaired) electrons. The predicted molar refractivity (Wildman–Crippen MR) is 115 cm³/mol. The van der Waals surface area contributed by atoms with Gasteiger partial charge in [-0.1, -0.05) is 48.5 Å². The second-order valence-electron chi connectivity index (χ2n) is 6.83. The van der Waals surface area contributed by atoms with E-state index in [2.05, 4.69) is 93.7 Å². The highest BCUT2D eigenvalue weighted by molar-refractivity contribution is 5.64. The molecule has 0 bridgehead atoms. The predicted octanol–water partition coefficient (Wildman–Crippen LogP) is 4.97. The van der Waals surface area contributed by atoms with Gasteiger partial charge < -0.3 is 15.8 Å². The van der Waals surface area contributed by atoms with Crippen LogP contribution in [-0.4, -0.2) is 16.4 Å². The van der Waals surface area contributed by atoms with Gasteiger partial charge >= 0.3 is 0 Å². The fourth-order valence-electron chi connectivity index (χ4n) is 3.19. The number of hydrazine groups is 1. The molecule has 0 saturated heterocycles. The van der Waals surface area contributed by atoms with Crippen molar-refractivity contribution in [2.24, 2.45) is 0 Å². The van der Waals surface area contributed by atoms with Gasteiger partial charge in [0.25, 0.3) is 0 Å². The summed E-state index contributed by atoms with van der Waals surface area (Å²) in [6.07, 6.45) is 11.1. The highest BCUT2D eigenvalue weighted by Crippen LogP contribution is 2.20. The van der Waals surface area contributed by atoms with E-state index in [0.717, 1.165) is 36.3 Å². The Morgan fingerprint density at radius 3 is 2.50 bits per heavy atom. The fourth-order valence-corrected chi connectivity index (χ4v) is 3.19. The lowest BCUT2D eigenvalue weighted by molar-refractivity contribution is 0.364. The maximum absolute atomic E-state index is 4.17. The number of nitrogens with zero attached hydrogens (tertiary/aromatic N) is 2. The molecule has 1 aliphatic rings. The van der Waals surface area contributed by atoms with Crippen molar-refractivity contribution in [2.75, 3.05) is 12.0 Å². The zero-order valence-electron chi connectivity index (χ0n) is 15.8. The standard InChI is InChI=1S/C24H24N4/c1-2-5-21(6-3-1)19-28-15-12-20(13-16-28)17-26-27-24-10-8-22(9-11-24)23-7-4-14-25-18-23/h1-12,14-15,17-18,26-27H,13,16,19H2. The molecular weight excluding hydrogens is 344 g/mol. The van der Waals surface area contributed by atoms with Crippen LogP contribution in [0.4, 0.5) is 5.69 Å². The Balaban J connectivity index is 1.28. The van der Waals surface area contributed by atoms with E-state index in [1.807, 2.05) is 18.5 Å². The Morgan fingerprint density at radius 2 is 1.79 bits per heavy atom. The summed E-state index contributed by atoms with van der Waals surface area (Å²) in [7, 11) is 0. The molecule has 140 valence electrons. The zero-order valence-corrected chi connectivity index (χ0v) is 15.8. The fraction of sp³-hybridized carbons (Fsp3) is 0.125. The van der Waals surface area contributed by atoms with Gasteiger partial charge in [0, 0.05) is 31.7 Å². The number of rotatable bonds is 6. The van der Waals surface area contributed by atoms with Gasteiger partial charge in [0.2, 0.25) is 0 Å². The van der Waals surface area contributed by atoms with E-state index in [-0.39, 0.29) is 0 Å². The van der Waals surface area contributed by atoms with Crippen molar-refractivity contribution in [1.29, 1.82) is 0 Å². The molecule has 0 atom stereocenters. The molecule has 1 aromatic heterocycles. The van der Waals surface area contributed by atoms with Gasteiger partial charge in [-0.2, -0.15) is 0 Å². The van der Waals surface area contributed by atoms with Gasteiger partial charge in [0.15, 0.2) is 0 Å². The van der Waals surface area contributed by atoms with Crippen LogP contribution in [0.3, 0.4) is 0 Å². The number of hydrogen-bond acceptors (Lipinski definition) is 4. The van der Waals surface area contributed by atoms with E-state index in [1.165, 1.54) is 11.1 Å². The van der Waals surface area contributed by atoms with Gasteiger partial charge in [-0.25, -0.2) is 0 Å². The molecule has 4 rings (SSSR count). The second-order valence-corrected chi connectivity index (χ2v) is 6.83. The molecule has 0 saturated carbocycles. The molecule has 0 spiro atoms. The number of hydrogen-bond donors (Lipinski definition) is 2. The lowest BCUT2D eigenvalue weighted by Crippen LogP contribution is -2.22. The topological polar surface area (TPSA) is 40.2 Å². The van der Waals surface area contributed by atoms with Crippen molar-refractivity contribution in [3.8, 4) is 11.1 Å². The first-order valence-electron chi connectivity index (χ1n) is 9.54. The number of anilines is 1. The normalized spacial score (nSPS) is 14.9. The van der Waals surface area contributed by atoms with Gasteiger partial charge in [-0.3, -0.25) is 4.98 Å². The molecule has 2 N–H and O–H groups in total. The maximum atomic E-state index is 4.17. The van der Waals surface area contributed by atoms with E-state index < -0.39 is 0 Å². The number of aromatic nitrogens is 1. The number of benzene rings is 2. The Hall–Kier alpha value is -3.53. The van der Waals surface area contributed by atoms with E-state index in [9.17, 15) is 0 Å². The second kappa shape index (κ2) is 8.91. The molecule has 28 heavy (non-hydrogen) atoms. The summed E-state index contributed by atoms with van der Waals surface area (Å²) in [5.41, 5.74) is 12.4. The van der Waals surface area contributed by atoms with Crippen molar-refractivity contribution < 1.29 is 0 Å². The van der Waals surface area contributed by atoms with E-state index >= 15 is 0 Å². The van der Waals surface area contributed by atoms with Gasteiger partial charge in [0.1, 0.15) is 0 Å². The summed E-state index contributed by atoms with van der Waals surface area (Å²) >= 11 is 0. The van der Waals surface area contributed by atoms with E-state index in [1.54, 1.807) is 6.20 Å². The van der Waals surface area contributed by atoms with Crippen molar-refractivity contribution in [3.63, 3.8) is 0 Å².